The van der Waals surface area contributed by atoms with E-state index in [0.717, 1.165) is 10.0 Å². The first-order valence-corrected chi connectivity index (χ1v) is 9.82. The lowest BCUT2D eigenvalue weighted by Gasteiger charge is -2.15. The number of anilines is 1. The minimum atomic E-state index is -0.870. The van der Waals surface area contributed by atoms with Crippen LogP contribution in [-0.2, 0) is 9.59 Å². The van der Waals surface area contributed by atoms with Crippen LogP contribution in [0, 0.1) is 6.92 Å². The van der Waals surface area contributed by atoms with Gasteiger partial charge in [0, 0.05) is 10.2 Å². The Morgan fingerprint density at radius 2 is 1.86 bits per heavy atom. The average molecular weight is 487 g/mol. The predicted octanol–water partition coefficient (Wildman–Crippen LogP) is 3.94. The molecule has 3 amide bonds. The number of hydrogen-bond donors (Lipinski definition) is 3. The standard InChI is InChI=1S/C19H18BrCl2N3O3/c1-10-8-12(6-7-14(10)20)25-16(26)9-23-18(27)11(2)24-19(28)13-4-3-5-15(21)17(13)22/h3-8,11H,9H2,1-2H3,(H,23,27)(H,24,28)(H,25,26). The van der Waals surface area contributed by atoms with E-state index in [0.29, 0.717) is 5.69 Å². The van der Waals surface area contributed by atoms with Gasteiger partial charge in [0.15, 0.2) is 0 Å². The van der Waals surface area contributed by atoms with Gasteiger partial charge in [0.1, 0.15) is 6.04 Å². The topological polar surface area (TPSA) is 87.3 Å². The second-order valence-corrected chi connectivity index (χ2v) is 7.67. The summed E-state index contributed by atoms with van der Waals surface area (Å²) in [4.78, 5) is 36.4. The van der Waals surface area contributed by atoms with Crippen molar-refractivity contribution < 1.29 is 14.4 Å². The van der Waals surface area contributed by atoms with Crippen molar-refractivity contribution in [2.45, 2.75) is 19.9 Å². The van der Waals surface area contributed by atoms with E-state index in [1.54, 1.807) is 24.3 Å². The van der Waals surface area contributed by atoms with Gasteiger partial charge in [-0.15, -0.1) is 0 Å². The molecule has 1 atom stereocenters. The van der Waals surface area contributed by atoms with E-state index >= 15 is 0 Å². The third-order valence-electron chi connectivity index (χ3n) is 3.80. The molecule has 28 heavy (non-hydrogen) atoms. The number of carbonyl (C=O) groups excluding carboxylic acids is 3. The van der Waals surface area contributed by atoms with Crippen LogP contribution in [-0.4, -0.2) is 30.3 Å². The first kappa shape index (κ1) is 22.2. The van der Waals surface area contributed by atoms with Gasteiger partial charge in [-0.2, -0.15) is 0 Å². The maximum atomic E-state index is 12.3. The van der Waals surface area contributed by atoms with E-state index in [1.807, 2.05) is 13.0 Å². The third-order valence-corrected chi connectivity index (χ3v) is 5.51. The molecule has 6 nitrogen and oxygen atoms in total. The summed E-state index contributed by atoms with van der Waals surface area (Å²) in [5, 5.41) is 8.04. The highest BCUT2D eigenvalue weighted by atomic mass is 79.9. The molecule has 2 rings (SSSR count). The molecule has 0 bridgehead atoms. The summed E-state index contributed by atoms with van der Waals surface area (Å²) in [6.07, 6.45) is 0. The molecule has 2 aromatic rings. The Bertz CT molecular complexity index is 921. The van der Waals surface area contributed by atoms with E-state index in [9.17, 15) is 14.4 Å². The molecule has 0 heterocycles. The molecule has 148 valence electrons. The molecule has 0 radical (unpaired) electrons. The molecule has 0 saturated heterocycles. The summed E-state index contributed by atoms with van der Waals surface area (Å²) in [5.41, 5.74) is 1.76. The van der Waals surface area contributed by atoms with Crippen molar-refractivity contribution in [3.8, 4) is 0 Å². The summed E-state index contributed by atoms with van der Waals surface area (Å²) in [5.74, 6) is -1.43. The number of halogens is 3. The molecule has 0 aliphatic carbocycles. The normalized spacial score (nSPS) is 11.5. The molecule has 0 aromatic heterocycles. The molecule has 0 fully saturated rings. The van der Waals surface area contributed by atoms with E-state index in [2.05, 4.69) is 31.9 Å². The van der Waals surface area contributed by atoms with Crippen molar-refractivity contribution in [2.24, 2.45) is 0 Å². The number of nitrogens with one attached hydrogen (secondary N) is 3. The van der Waals surface area contributed by atoms with Crippen molar-refractivity contribution in [2.75, 3.05) is 11.9 Å². The van der Waals surface area contributed by atoms with Crippen LogP contribution < -0.4 is 16.0 Å². The van der Waals surface area contributed by atoms with Crippen LogP contribution in [0.2, 0.25) is 10.0 Å². The Morgan fingerprint density at radius 3 is 2.54 bits per heavy atom. The maximum Gasteiger partial charge on any atom is 0.253 e. The lowest BCUT2D eigenvalue weighted by Crippen LogP contribution is -2.46. The molecule has 9 heteroatoms. The van der Waals surface area contributed by atoms with Crippen molar-refractivity contribution >= 4 is 62.5 Å². The van der Waals surface area contributed by atoms with Crippen LogP contribution in [0.1, 0.15) is 22.8 Å². The van der Waals surface area contributed by atoms with E-state index in [1.165, 1.54) is 13.0 Å². The zero-order chi connectivity index (χ0) is 20.8. The van der Waals surface area contributed by atoms with Gasteiger partial charge < -0.3 is 16.0 Å². The van der Waals surface area contributed by atoms with Gasteiger partial charge in [0.2, 0.25) is 11.8 Å². The van der Waals surface area contributed by atoms with Gasteiger partial charge in [-0.3, -0.25) is 14.4 Å². The summed E-state index contributed by atoms with van der Waals surface area (Å²) >= 11 is 15.3. The summed E-state index contributed by atoms with van der Waals surface area (Å²) in [7, 11) is 0. The van der Waals surface area contributed by atoms with Crippen molar-refractivity contribution in [3.05, 3.63) is 62.0 Å². The predicted molar refractivity (Wildman–Crippen MR) is 114 cm³/mol. The van der Waals surface area contributed by atoms with E-state index in [4.69, 9.17) is 23.2 Å². The van der Waals surface area contributed by atoms with Crippen molar-refractivity contribution in [1.82, 2.24) is 10.6 Å². The number of carbonyl (C=O) groups is 3. The monoisotopic (exact) mass is 485 g/mol. The quantitative estimate of drug-likeness (QED) is 0.577. The number of benzene rings is 2. The van der Waals surface area contributed by atoms with Gasteiger partial charge in [-0.05, 0) is 49.7 Å². The molecular weight excluding hydrogens is 469 g/mol. The molecule has 0 spiro atoms. The second-order valence-electron chi connectivity index (χ2n) is 6.03. The van der Waals surface area contributed by atoms with Crippen molar-refractivity contribution in [1.29, 1.82) is 0 Å². The number of amides is 3. The fraction of sp³-hybridized carbons (Fsp3) is 0.211. The lowest BCUT2D eigenvalue weighted by atomic mass is 10.2. The lowest BCUT2D eigenvalue weighted by molar-refractivity contribution is -0.125. The Hall–Kier alpha value is -2.09. The van der Waals surface area contributed by atoms with Crippen LogP contribution in [0.15, 0.2) is 40.9 Å². The SMILES string of the molecule is Cc1cc(NC(=O)CNC(=O)C(C)NC(=O)c2cccc(Cl)c2Cl)ccc1Br. The van der Waals surface area contributed by atoms with E-state index < -0.39 is 17.9 Å². The molecule has 2 aromatic carbocycles. The van der Waals surface area contributed by atoms with Crippen LogP contribution in [0.5, 0.6) is 0 Å². The molecule has 0 aliphatic heterocycles. The second kappa shape index (κ2) is 9.91. The van der Waals surface area contributed by atoms with E-state index in [-0.39, 0.29) is 28.1 Å². The first-order chi connectivity index (χ1) is 13.2. The van der Waals surface area contributed by atoms with Gasteiger partial charge in [-0.1, -0.05) is 45.2 Å². The Balaban J connectivity index is 1.86. The third kappa shape index (κ3) is 5.95. The minimum Gasteiger partial charge on any atom is -0.345 e. The molecule has 3 N–H and O–H groups in total. The fourth-order valence-electron chi connectivity index (χ4n) is 2.27. The zero-order valence-electron chi connectivity index (χ0n) is 15.1. The smallest absolute Gasteiger partial charge is 0.253 e. The minimum absolute atomic E-state index is 0.110. The van der Waals surface area contributed by atoms with Crippen LogP contribution in [0.25, 0.3) is 0 Å². The fourth-order valence-corrected chi connectivity index (χ4v) is 2.90. The highest BCUT2D eigenvalue weighted by Crippen LogP contribution is 2.25. The Kier molecular flexibility index (Phi) is 7.86. The van der Waals surface area contributed by atoms with Gasteiger partial charge in [0.05, 0.1) is 22.2 Å². The molecule has 1 unspecified atom stereocenters. The Labute approximate surface area is 181 Å². The number of aryl methyl sites for hydroxylation is 1. The summed E-state index contributed by atoms with van der Waals surface area (Å²) in [6.45, 7) is 3.17. The maximum absolute atomic E-state index is 12.3. The first-order valence-electron chi connectivity index (χ1n) is 8.27. The van der Waals surface area contributed by atoms with Crippen molar-refractivity contribution in [3.63, 3.8) is 0 Å². The van der Waals surface area contributed by atoms with Crippen LogP contribution in [0.4, 0.5) is 5.69 Å². The highest BCUT2D eigenvalue weighted by Gasteiger charge is 2.19. The molecule has 0 aliphatic rings. The average Bonchev–Trinajstić information content (AvgIpc) is 2.64. The summed E-state index contributed by atoms with van der Waals surface area (Å²) < 4.78 is 0.933. The molecular formula is C19H18BrCl2N3O3. The van der Waals surface area contributed by atoms with Gasteiger partial charge in [-0.25, -0.2) is 0 Å². The number of hydrogen-bond acceptors (Lipinski definition) is 3. The number of rotatable bonds is 6. The van der Waals surface area contributed by atoms with Gasteiger partial charge in [0.25, 0.3) is 5.91 Å². The highest BCUT2D eigenvalue weighted by molar-refractivity contribution is 9.10. The van der Waals surface area contributed by atoms with Crippen LogP contribution >= 0.6 is 39.1 Å². The zero-order valence-corrected chi connectivity index (χ0v) is 18.2. The van der Waals surface area contributed by atoms with Gasteiger partial charge >= 0.3 is 0 Å². The largest absolute Gasteiger partial charge is 0.345 e. The van der Waals surface area contributed by atoms with Crippen LogP contribution in [0.3, 0.4) is 0 Å². The molecule has 0 saturated carbocycles. The summed E-state index contributed by atoms with van der Waals surface area (Å²) in [6, 6.07) is 9.15. The Morgan fingerprint density at radius 1 is 1.14 bits per heavy atom.